The van der Waals surface area contributed by atoms with Gasteiger partial charge < -0.3 is 5.32 Å². The maximum absolute atomic E-state index is 14.8. The second kappa shape index (κ2) is 11.1. The van der Waals surface area contributed by atoms with Gasteiger partial charge in [-0.15, -0.1) is 10.2 Å². The number of aromatic nitrogens is 5. The Kier molecular flexibility index (Phi) is 8.18. The highest BCUT2D eigenvalue weighted by Crippen LogP contribution is 2.35. The van der Waals surface area contributed by atoms with Crippen molar-refractivity contribution in [3.63, 3.8) is 0 Å². The van der Waals surface area contributed by atoms with Gasteiger partial charge in [-0.25, -0.2) is 18.6 Å². The third-order valence-electron chi connectivity index (χ3n) is 4.87. The quantitative estimate of drug-likeness (QED) is 0.281. The van der Waals surface area contributed by atoms with Crippen molar-refractivity contribution < 1.29 is 18.8 Å². The zero-order valence-corrected chi connectivity index (χ0v) is 19.5. The SMILES string of the molecule is CC=NC(CC)CN(O)C(=O)NCc1ncc(-c2cc(Cl)cc(F)c2-c2nnn(C)n2)cc1F. The number of halogens is 3. The van der Waals surface area contributed by atoms with E-state index in [0.29, 0.717) is 11.5 Å². The summed E-state index contributed by atoms with van der Waals surface area (Å²) in [7, 11) is 1.53. The molecule has 34 heavy (non-hydrogen) atoms. The molecule has 3 rings (SSSR count). The van der Waals surface area contributed by atoms with Gasteiger partial charge in [0.15, 0.2) is 0 Å². The predicted octanol–water partition coefficient (Wildman–Crippen LogP) is 3.64. The summed E-state index contributed by atoms with van der Waals surface area (Å²) in [4.78, 5) is 21.5. The maximum Gasteiger partial charge on any atom is 0.341 e. The number of pyridine rings is 1. The van der Waals surface area contributed by atoms with Crippen molar-refractivity contribution in [3.05, 3.63) is 46.7 Å². The third-order valence-corrected chi connectivity index (χ3v) is 5.09. The molecular weight excluding hydrogens is 470 g/mol. The van der Waals surface area contributed by atoms with Crippen LogP contribution in [0.15, 0.2) is 29.4 Å². The number of hydroxylamine groups is 2. The van der Waals surface area contributed by atoms with Gasteiger partial charge in [-0.3, -0.25) is 15.2 Å². The van der Waals surface area contributed by atoms with Crippen molar-refractivity contribution in [2.75, 3.05) is 6.54 Å². The minimum atomic E-state index is -0.817. The molecule has 0 aliphatic carbocycles. The Morgan fingerprint density at radius 2 is 2.12 bits per heavy atom. The van der Waals surface area contributed by atoms with Crippen molar-refractivity contribution in [1.82, 2.24) is 35.6 Å². The van der Waals surface area contributed by atoms with Crippen molar-refractivity contribution in [1.29, 1.82) is 0 Å². The molecule has 0 aliphatic rings. The molecule has 0 aliphatic heterocycles. The zero-order chi connectivity index (χ0) is 24.8. The van der Waals surface area contributed by atoms with Gasteiger partial charge in [0.25, 0.3) is 0 Å². The monoisotopic (exact) mass is 492 g/mol. The molecule has 2 N–H and O–H groups in total. The average Bonchev–Trinajstić information content (AvgIpc) is 3.22. The number of benzene rings is 1. The first-order chi connectivity index (χ1) is 16.2. The number of aliphatic imine (C=N–C) groups is 1. The normalized spacial score (nSPS) is 12.2. The minimum Gasteiger partial charge on any atom is -0.330 e. The maximum atomic E-state index is 14.8. The minimum absolute atomic E-state index is 0.00380. The molecule has 2 amide bonds. The Balaban J connectivity index is 1.79. The topological polar surface area (TPSA) is 121 Å². The van der Waals surface area contributed by atoms with Gasteiger partial charge in [0, 0.05) is 16.8 Å². The van der Waals surface area contributed by atoms with Gasteiger partial charge in [-0.1, -0.05) is 18.5 Å². The summed E-state index contributed by atoms with van der Waals surface area (Å²) in [6.45, 7) is 3.33. The molecule has 2 heterocycles. The molecule has 0 bridgehead atoms. The summed E-state index contributed by atoms with van der Waals surface area (Å²) in [5, 5.41) is 24.5. The molecule has 1 unspecified atom stereocenters. The summed E-state index contributed by atoms with van der Waals surface area (Å²) >= 11 is 6.02. The van der Waals surface area contributed by atoms with E-state index >= 15 is 0 Å². The van der Waals surface area contributed by atoms with Crippen molar-refractivity contribution >= 4 is 23.8 Å². The number of carbonyl (C=O) groups excluding carboxylic acids is 1. The molecule has 2 aromatic heterocycles. The second-order valence-electron chi connectivity index (χ2n) is 7.28. The van der Waals surface area contributed by atoms with Crippen LogP contribution in [0.2, 0.25) is 5.02 Å². The number of hydrogen-bond donors (Lipinski definition) is 2. The summed E-state index contributed by atoms with van der Waals surface area (Å²) in [5.41, 5.74) is 0.369. The van der Waals surface area contributed by atoms with Gasteiger partial charge in [-0.2, -0.15) is 4.80 Å². The molecule has 0 radical (unpaired) electrons. The summed E-state index contributed by atoms with van der Waals surface area (Å²) in [6, 6.07) is 2.61. The molecule has 180 valence electrons. The van der Waals surface area contributed by atoms with E-state index < -0.39 is 17.7 Å². The van der Waals surface area contributed by atoms with Crippen LogP contribution < -0.4 is 5.32 Å². The van der Waals surface area contributed by atoms with Crippen LogP contribution in [0.25, 0.3) is 22.5 Å². The van der Waals surface area contributed by atoms with E-state index in [9.17, 15) is 18.8 Å². The van der Waals surface area contributed by atoms with E-state index in [4.69, 9.17) is 11.6 Å². The van der Waals surface area contributed by atoms with Crippen LogP contribution in [0.3, 0.4) is 0 Å². The molecule has 0 saturated heterocycles. The number of rotatable bonds is 8. The number of tetrazole rings is 1. The molecule has 1 aromatic carbocycles. The van der Waals surface area contributed by atoms with Crippen LogP contribution in [0.5, 0.6) is 0 Å². The molecule has 3 aromatic rings. The van der Waals surface area contributed by atoms with E-state index in [-0.39, 0.29) is 52.4 Å². The summed E-state index contributed by atoms with van der Waals surface area (Å²) in [6.07, 6.45) is 3.54. The lowest BCUT2D eigenvalue weighted by Crippen LogP contribution is -2.41. The lowest BCUT2D eigenvalue weighted by molar-refractivity contribution is -0.0471. The van der Waals surface area contributed by atoms with Crippen molar-refractivity contribution in [2.45, 2.75) is 32.9 Å². The highest BCUT2D eigenvalue weighted by molar-refractivity contribution is 6.31. The van der Waals surface area contributed by atoms with Gasteiger partial charge in [0.2, 0.25) is 5.82 Å². The van der Waals surface area contributed by atoms with Gasteiger partial charge in [0.1, 0.15) is 11.6 Å². The lowest BCUT2D eigenvalue weighted by atomic mass is 9.99. The van der Waals surface area contributed by atoms with E-state index in [0.717, 1.165) is 12.1 Å². The van der Waals surface area contributed by atoms with E-state index in [1.165, 1.54) is 24.1 Å². The Bertz CT molecular complexity index is 1200. The predicted molar refractivity (Wildman–Crippen MR) is 121 cm³/mol. The molecule has 10 nitrogen and oxygen atoms in total. The first kappa shape index (κ1) is 25.1. The standard InChI is InChI=1S/C21H23ClF2N8O2/c1-4-14(25-5-2)11-32(34)21(33)27-10-18-16(23)6-12(9-26-18)15-7-13(22)8-17(24)19(15)20-28-30-31(3)29-20/h5-9,14,34H,4,10-11H2,1-3H3,(H,27,33). The summed E-state index contributed by atoms with van der Waals surface area (Å²) < 4.78 is 29.5. The number of hydrogen-bond acceptors (Lipinski definition) is 7. The van der Waals surface area contributed by atoms with Crippen molar-refractivity contribution in [3.8, 4) is 22.5 Å². The van der Waals surface area contributed by atoms with Crippen LogP contribution in [0.1, 0.15) is 26.0 Å². The first-order valence-electron chi connectivity index (χ1n) is 10.3. The Labute approximate surface area is 199 Å². The van der Waals surface area contributed by atoms with E-state index in [1.54, 1.807) is 13.1 Å². The molecule has 13 heteroatoms. The molecule has 0 fully saturated rings. The summed E-state index contributed by atoms with van der Waals surface area (Å²) in [5.74, 6) is -1.44. The molecular formula is C21H23ClF2N8O2. The Morgan fingerprint density at radius 1 is 1.35 bits per heavy atom. The highest BCUT2D eigenvalue weighted by atomic mass is 35.5. The highest BCUT2D eigenvalue weighted by Gasteiger charge is 2.20. The number of nitrogens with one attached hydrogen (secondary N) is 1. The van der Waals surface area contributed by atoms with Crippen LogP contribution in [0.4, 0.5) is 13.6 Å². The fraction of sp³-hybridized carbons (Fsp3) is 0.333. The molecule has 1 atom stereocenters. The van der Waals surface area contributed by atoms with Gasteiger partial charge >= 0.3 is 6.03 Å². The molecule has 0 spiro atoms. The fourth-order valence-electron chi connectivity index (χ4n) is 3.18. The number of carbonyl (C=O) groups is 1. The largest absolute Gasteiger partial charge is 0.341 e. The Morgan fingerprint density at radius 3 is 2.74 bits per heavy atom. The third kappa shape index (κ3) is 5.88. The Hall–Kier alpha value is -3.51. The van der Waals surface area contributed by atoms with Crippen LogP contribution in [-0.4, -0.2) is 60.3 Å². The van der Waals surface area contributed by atoms with E-state index in [1.807, 2.05) is 6.92 Å². The van der Waals surface area contributed by atoms with Crippen LogP contribution in [0, 0.1) is 11.6 Å². The second-order valence-corrected chi connectivity index (χ2v) is 7.71. The number of nitrogens with zero attached hydrogens (tertiary/aromatic N) is 7. The van der Waals surface area contributed by atoms with Crippen LogP contribution in [-0.2, 0) is 13.6 Å². The fourth-order valence-corrected chi connectivity index (χ4v) is 3.39. The average molecular weight is 493 g/mol. The van der Waals surface area contributed by atoms with E-state index in [2.05, 4.69) is 30.7 Å². The number of urea groups is 1. The first-order valence-corrected chi connectivity index (χ1v) is 10.7. The van der Waals surface area contributed by atoms with Crippen LogP contribution >= 0.6 is 11.6 Å². The number of aryl methyl sites for hydroxylation is 1. The molecule has 0 saturated carbocycles. The van der Waals surface area contributed by atoms with Gasteiger partial charge in [-0.05, 0) is 48.5 Å². The lowest BCUT2D eigenvalue weighted by Gasteiger charge is -2.19. The van der Waals surface area contributed by atoms with Gasteiger partial charge in [0.05, 0.1) is 37.4 Å². The zero-order valence-electron chi connectivity index (χ0n) is 18.7. The number of amides is 2. The van der Waals surface area contributed by atoms with Crippen molar-refractivity contribution in [2.24, 2.45) is 12.0 Å². The smallest absolute Gasteiger partial charge is 0.330 e.